The van der Waals surface area contributed by atoms with Crippen LogP contribution in [0, 0.1) is 0 Å². The molecule has 198 valence electrons. The summed E-state index contributed by atoms with van der Waals surface area (Å²) < 4.78 is 28.0. The average molecular weight is 485 g/mol. The molecule has 5 unspecified atom stereocenters. The molecule has 2 saturated heterocycles. The second-order valence-corrected chi connectivity index (χ2v) is 9.76. The van der Waals surface area contributed by atoms with Gasteiger partial charge in [-0.1, -0.05) is 58.8 Å². The Morgan fingerprint density at radius 3 is 2.26 bits per heavy atom. The number of unbranched alkanes of at least 4 members (excludes halogenated alkanes) is 6. The third-order valence-corrected chi connectivity index (χ3v) is 6.76. The summed E-state index contributed by atoms with van der Waals surface area (Å²) in [6, 6.07) is 0. The number of aliphatic hydroxyl groups is 1. The van der Waals surface area contributed by atoms with E-state index in [-0.39, 0.29) is 24.4 Å². The van der Waals surface area contributed by atoms with Crippen LogP contribution in [-0.2, 0) is 23.7 Å². The van der Waals surface area contributed by atoms with E-state index in [0.29, 0.717) is 32.0 Å². The Hall–Kier alpha value is -1.47. The third kappa shape index (κ3) is 11.8. The van der Waals surface area contributed by atoms with Crippen molar-refractivity contribution in [3.05, 3.63) is 12.5 Å². The van der Waals surface area contributed by atoms with Crippen molar-refractivity contribution in [2.24, 2.45) is 0 Å². The predicted octanol–water partition coefficient (Wildman–Crippen LogP) is 6.41. The molecule has 2 fully saturated rings. The summed E-state index contributed by atoms with van der Waals surface area (Å²) in [6.45, 7) is 9.10. The number of ether oxygens (including phenoxy) is 5. The van der Waals surface area contributed by atoms with Crippen LogP contribution in [0.3, 0.4) is 0 Å². The molecule has 0 radical (unpaired) electrons. The minimum atomic E-state index is -0.620. The lowest BCUT2D eigenvalue weighted by Crippen LogP contribution is -2.35. The Kier molecular flexibility index (Phi) is 14.4. The van der Waals surface area contributed by atoms with Crippen LogP contribution < -0.4 is 0 Å². The SMILES string of the molecule is C=C1OCCC(CC(O)C(CCCCCC)OCCC2CCC(CCCCCC)OC(=O)O2)O1. The van der Waals surface area contributed by atoms with Crippen LogP contribution in [-0.4, -0.2) is 55.0 Å². The topological polar surface area (TPSA) is 83.5 Å². The average Bonchev–Trinajstić information content (AvgIpc) is 2.99. The zero-order valence-electron chi connectivity index (χ0n) is 21.5. The molecule has 2 aliphatic heterocycles. The predicted molar refractivity (Wildman–Crippen MR) is 131 cm³/mol. The van der Waals surface area contributed by atoms with Gasteiger partial charge in [0.25, 0.3) is 5.95 Å². The highest BCUT2D eigenvalue weighted by molar-refractivity contribution is 5.60. The first-order valence-corrected chi connectivity index (χ1v) is 13.7. The summed E-state index contributed by atoms with van der Waals surface area (Å²) in [5.74, 6) is 0.324. The van der Waals surface area contributed by atoms with Gasteiger partial charge in [-0.3, -0.25) is 0 Å². The Morgan fingerprint density at radius 2 is 1.59 bits per heavy atom. The fourth-order valence-electron chi connectivity index (χ4n) is 4.67. The largest absolute Gasteiger partial charge is 0.508 e. The molecule has 0 aliphatic carbocycles. The second-order valence-electron chi connectivity index (χ2n) is 9.76. The van der Waals surface area contributed by atoms with Gasteiger partial charge in [0.15, 0.2) is 0 Å². The van der Waals surface area contributed by atoms with Gasteiger partial charge in [-0.05, 0) is 38.7 Å². The van der Waals surface area contributed by atoms with Crippen LogP contribution in [0.25, 0.3) is 0 Å². The van der Waals surface area contributed by atoms with Crippen molar-refractivity contribution < 1.29 is 33.6 Å². The summed E-state index contributed by atoms with van der Waals surface area (Å²) in [7, 11) is 0. The lowest BCUT2D eigenvalue weighted by atomic mass is 9.99. The summed E-state index contributed by atoms with van der Waals surface area (Å²) in [5, 5.41) is 10.9. The molecular weight excluding hydrogens is 436 g/mol. The number of hydrogen-bond donors (Lipinski definition) is 1. The number of aliphatic hydroxyl groups excluding tert-OH is 1. The van der Waals surface area contributed by atoms with Gasteiger partial charge < -0.3 is 28.8 Å². The van der Waals surface area contributed by atoms with E-state index in [0.717, 1.165) is 51.4 Å². The van der Waals surface area contributed by atoms with Gasteiger partial charge in [0.05, 0.1) is 25.4 Å². The highest BCUT2D eigenvalue weighted by Crippen LogP contribution is 2.24. The van der Waals surface area contributed by atoms with Crippen molar-refractivity contribution in [1.29, 1.82) is 0 Å². The molecule has 2 aliphatic rings. The molecule has 0 saturated carbocycles. The van der Waals surface area contributed by atoms with Crippen LogP contribution in [0.2, 0.25) is 0 Å². The lowest BCUT2D eigenvalue weighted by Gasteiger charge is -2.30. The van der Waals surface area contributed by atoms with Crippen molar-refractivity contribution >= 4 is 6.16 Å². The molecule has 0 bridgehead atoms. The third-order valence-electron chi connectivity index (χ3n) is 6.76. The van der Waals surface area contributed by atoms with Crippen molar-refractivity contribution in [2.45, 2.75) is 141 Å². The number of hydrogen-bond acceptors (Lipinski definition) is 7. The van der Waals surface area contributed by atoms with E-state index < -0.39 is 12.3 Å². The maximum atomic E-state index is 12.1. The molecule has 34 heavy (non-hydrogen) atoms. The molecule has 7 heteroatoms. The fraction of sp³-hybridized carbons (Fsp3) is 0.889. The first-order chi connectivity index (χ1) is 16.5. The van der Waals surface area contributed by atoms with E-state index in [2.05, 4.69) is 20.4 Å². The van der Waals surface area contributed by atoms with Crippen LogP contribution in [0.4, 0.5) is 4.79 Å². The monoisotopic (exact) mass is 484 g/mol. The lowest BCUT2D eigenvalue weighted by molar-refractivity contribution is -0.104. The molecule has 2 heterocycles. The van der Waals surface area contributed by atoms with Crippen molar-refractivity contribution in [1.82, 2.24) is 0 Å². The van der Waals surface area contributed by atoms with Gasteiger partial charge in [-0.15, -0.1) is 0 Å². The van der Waals surface area contributed by atoms with Gasteiger partial charge in [-0.25, -0.2) is 4.79 Å². The molecule has 0 aromatic rings. The highest BCUT2D eigenvalue weighted by Gasteiger charge is 2.29. The van der Waals surface area contributed by atoms with Gasteiger partial charge in [-0.2, -0.15) is 0 Å². The molecule has 0 spiro atoms. The normalized spacial score (nSPS) is 24.9. The molecule has 5 atom stereocenters. The molecule has 0 aromatic heterocycles. The zero-order chi connectivity index (χ0) is 24.6. The van der Waals surface area contributed by atoms with Crippen LogP contribution in [0.15, 0.2) is 12.5 Å². The molecular formula is C27H48O7. The van der Waals surface area contributed by atoms with Crippen LogP contribution in [0.1, 0.15) is 110 Å². The van der Waals surface area contributed by atoms with Crippen molar-refractivity contribution in [2.75, 3.05) is 13.2 Å². The van der Waals surface area contributed by atoms with Crippen molar-refractivity contribution in [3.63, 3.8) is 0 Å². The van der Waals surface area contributed by atoms with Gasteiger partial charge in [0.2, 0.25) is 0 Å². The van der Waals surface area contributed by atoms with Crippen molar-refractivity contribution in [3.8, 4) is 0 Å². The fourth-order valence-corrected chi connectivity index (χ4v) is 4.67. The van der Waals surface area contributed by atoms with Gasteiger partial charge in [0.1, 0.15) is 18.3 Å². The van der Waals surface area contributed by atoms with Gasteiger partial charge >= 0.3 is 6.16 Å². The summed E-state index contributed by atoms with van der Waals surface area (Å²) in [6.07, 6.45) is 12.6. The van der Waals surface area contributed by atoms with Gasteiger partial charge in [0, 0.05) is 19.3 Å². The molecule has 2 rings (SSSR count). The van der Waals surface area contributed by atoms with E-state index in [1.807, 2.05) is 0 Å². The smallest absolute Gasteiger partial charge is 0.466 e. The first kappa shape index (κ1) is 28.8. The summed E-state index contributed by atoms with van der Waals surface area (Å²) in [5.41, 5.74) is 0. The zero-order valence-corrected chi connectivity index (χ0v) is 21.5. The van der Waals surface area contributed by atoms with Crippen LogP contribution >= 0.6 is 0 Å². The molecule has 1 N–H and O–H groups in total. The molecule has 7 nitrogen and oxygen atoms in total. The van der Waals surface area contributed by atoms with Crippen LogP contribution in [0.5, 0.6) is 0 Å². The van der Waals surface area contributed by atoms with E-state index in [1.165, 1.54) is 32.1 Å². The summed E-state index contributed by atoms with van der Waals surface area (Å²) in [4.78, 5) is 12.1. The van der Waals surface area contributed by atoms with E-state index >= 15 is 0 Å². The number of cyclic esters (lactones) is 2. The standard InChI is InChI=1S/C27H48O7/c1-4-6-8-10-12-22-14-15-23(34-27(29)33-22)16-19-31-26(13-11-9-7-5-2)25(28)20-24-17-18-30-21(3)32-24/h22-26,28H,3-20H2,1-2H3. The second kappa shape index (κ2) is 17.0. The maximum absolute atomic E-state index is 12.1. The summed E-state index contributed by atoms with van der Waals surface area (Å²) >= 11 is 0. The minimum Gasteiger partial charge on any atom is -0.466 e. The molecule has 0 aromatic carbocycles. The number of rotatable bonds is 17. The minimum absolute atomic E-state index is 0.0439. The quantitative estimate of drug-likeness (QED) is 0.188. The Bertz CT molecular complexity index is 567. The number of carbonyl (C=O) groups excluding carboxylic acids is 1. The maximum Gasteiger partial charge on any atom is 0.508 e. The number of carbonyl (C=O) groups is 1. The Labute approximate surface area is 206 Å². The highest BCUT2D eigenvalue weighted by atomic mass is 16.7. The van der Waals surface area contributed by atoms with E-state index in [9.17, 15) is 9.90 Å². The Balaban J connectivity index is 1.77. The first-order valence-electron chi connectivity index (χ1n) is 13.7. The Morgan fingerprint density at radius 1 is 0.912 bits per heavy atom. The van der Waals surface area contributed by atoms with E-state index in [1.54, 1.807) is 0 Å². The van der Waals surface area contributed by atoms with E-state index in [4.69, 9.17) is 23.7 Å². The molecule has 0 amide bonds.